The predicted molar refractivity (Wildman–Crippen MR) is 58.0 cm³/mol. The summed E-state index contributed by atoms with van der Waals surface area (Å²) in [5.41, 5.74) is 0.602. The van der Waals surface area contributed by atoms with E-state index in [-0.39, 0.29) is 5.54 Å². The molecular weight excluding hydrogens is 160 g/mol. The summed E-state index contributed by atoms with van der Waals surface area (Å²) in [6, 6.07) is 0.694. The number of nitrogens with one attached hydrogen (secondary N) is 1. The molecule has 0 spiro atoms. The van der Waals surface area contributed by atoms with Crippen LogP contribution in [0.4, 0.5) is 0 Å². The summed E-state index contributed by atoms with van der Waals surface area (Å²) in [4.78, 5) is 2.51. The van der Waals surface area contributed by atoms with Crippen LogP contribution in [0.2, 0.25) is 0 Å². The fraction of sp³-hybridized carbons (Fsp3) is 1.00. The Bertz CT molecular complexity index is 168. The largest absolute Gasteiger partial charge is 0.307 e. The van der Waals surface area contributed by atoms with Gasteiger partial charge in [-0.2, -0.15) is 0 Å². The van der Waals surface area contributed by atoms with Crippen LogP contribution in [0.1, 0.15) is 41.5 Å². The fourth-order valence-corrected chi connectivity index (χ4v) is 1.73. The van der Waals surface area contributed by atoms with Crippen molar-refractivity contribution in [2.24, 2.45) is 0 Å². The molecule has 0 aromatic heterocycles. The van der Waals surface area contributed by atoms with Crippen molar-refractivity contribution in [3.63, 3.8) is 0 Å². The van der Waals surface area contributed by atoms with Crippen molar-refractivity contribution in [3.8, 4) is 0 Å². The minimum atomic E-state index is 0.259. The van der Waals surface area contributed by atoms with Crippen LogP contribution in [0.15, 0.2) is 0 Å². The maximum Gasteiger partial charge on any atom is 0.0327 e. The molecule has 0 aliphatic carbocycles. The molecule has 2 nitrogen and oxygen atoms in total. The minimum Gasteiger partial charge on any atom is -0.307 e. The zero-order chi connectivity index (χ0) is 10.3. The summed E-state index contributed by atoms with van der Waals surface area (Å²) in [5, 5.41) is 3.62. The summed E-state index contributed by atoms with van der Waals surface area (Å²) >= 11 is 0. The van der Waals surface area contributed by atoms with Crippen LogP contribution in [-0.4, -0.2) is 35.1 Å². The van der Waals surface area contributed by atoms with Crippen molar-refractivity contribution in [3.05, 3.63) is 0 Å². The highest BCUT2D eigenvalue weighted by Crippen LogP contribution is 2.22. The highest BCUT2D eigenvalue weighted by Gasteiger charge is 2.35. The topological polar surface area (TPSA) is 15.3 Å². The van der Waals surface area contributed by atoms with Crippen molar-refractivity contribution in [2.75, 3.05) is 13.1 Å². The SMILES string of the molecule is CC(C)(C)NC1CN(C(C)(C)C)C1. The highest BCUT2D eigenvalue weighted by atomic mass is 15.3. The molecule has 78 valence electrons. The number of rotatable bonds is 1. The van der Waals surface area contributed by atoms with Crippen molar-refractivity contribution >= 4 is 0 Å². The molecule has 13 heavy (non-hydrogen) atoms. The van der Waals surface area contributed by atoms with Gasteiger partial charge in [-0.3, -0.25) is 4.90 Å². The minimum absolute atomic E-state index is 0.259. The van der Waals surface area contributed by atoms with Gasteiger partial charge < -0.3 is 5.32 Å². The molecule has 2 heteroatoms. The van der Waals surface area contributed by atoms with Gasteiger partial charge in [-0.1, -0.05) is 0 Å². The summed E-state index contributed by atoms with van der Waals surface area (Å²) in [7, 11) is 0. The Labute approximate surface area is 82.7 Å². The van der Waals surface area contributed by atoms with Crippen molar-refractivity contribution in [1.29, 1.82) is 0 Å². The standard InChI is InChI=1S/C11H24N2/c1-10(2,3)12-9-7-13(8-9)11(4,5)6/h9,12H,7-8H2,1-6H3. The van der Waals surface area contributed by atoms with E-state index in [9.17, 15) is 0 Å². The maximum absolute atomic E-state index is 3.62. The maximum atomic E-state index is 3.62. The van der Waals surface area contributed by atoms with E-state index < -0.39 is 0 Å². The lowest BCUT2D eigenvalue weighted by atomic mass is 9.95. The molecule has 1 saturated heterocycles. The molecule has 0 radical (unpaired) electrons. The van der Waals surface area contributed by atoms with Gasteiger partial charge in [0, 0.05) is 30.2 Å². The van der Waals surface area contributed by atoms with Gasteiger partial charge in [-0.25, -0.2) is 0 Å². The van der Waals surface area contributed by atoms with Gasteiger partial charge in [0.1, 0.15) is 0 Å². The molecule has 1 rings (SSSR count). The normalized spacial score (nSPS) is 21.7. The lowest BCUT2D eigenvalue weighted by molar-refractivity contribution is 0.0255. The van der Waals surface area contributed by atoms with E-state index in [2.05, 4.69) is 51.8 Å². The second-order valence-corrected chi connectivity index (χ2v) is 6.17. The molecule has 1 heterocycles. The average molecular weight is 184 g/mol. The third-order valence-electron chi connectivity index (χ3n) is 2.47. The number of hydrogen-bond acceptors (Lipinski definition) is 2. The first-order valence-corrected chi connectivity index (χ1v) is 5.21. The highest BCUT2D eigenvalue weighted by molar-refractivity contribution is 4.95. The fourth-order valence-electron chi connectivity index (χ4n) is 1.73. The summed E-state index contributed by atoms with van der Waals surface area (Å²) in [6.07, 6.45) is 0. The third kappa shape index (κ3) is 3.28. The van der Waals surface area contributed by atoms with E-state index in [1.54, 1.807) is 0 Å². The molecule has 0 aromatic rings. The molecule has 1 aliphatic rings. The molecule has 0 aromatic carbocycles. The van der Waals surface area contributed by atoms with Crippen molar-refractivity contribution in [2.45, 2.75) is 58.7 Å². The molecule has 0 bridgehead atoms. The van der Waals surface area contributed by atoms with Crippen LogP contribution in [0.3, 0.4) is 0 Å². The Morgan fingerprint density at radius 1 is 1.00 bits per heavy atom. The zero-order valence-corrected chi connectivity index (χ0v) is 9.94. The van der Waals surface area contributed by atoms with Gasteiger partial charge in [-0.15, -0.1) is 0 Å². The van der Waals surface area contributed by atoms with Crippen LogP contribution < -0.4 is 5.32 Å². The van der Waals surface area contributed by atoms with Gasteiger partial charge in [0.15, 0.2) is 0 Å². The lowest BCUT2D eigenvalue weighted by Crippen LogP contribution is -2.66. The van der Waals surface area contributed by atoms with Crippen molar-refractivity contribution in [1.82, 2.24) is 10.2 Å². The van der Waals surface area contributed by atoms with E-state index >= 15 is 0 Å². The van der Waals surface area contributed by atoms with Gasteiger partial charge in [-0.05, 0) is 41.5 Å². The Balaban J connectivity index is 2.27. The quantitative estimate of drug-likeness (QED) is 0.669. The molecule has 1 fully saturated rings. The molecule has 0 unspecified atom stereocenters. The second kappa shape index (κ2) is 3.25. The van der Waals surface area contributed by atoms with E-state index in [1.165, 1.54) is 13.1 Å². The lowest BCUT2D eigenvalue weighted by Gasteiger charge is -2.49. The average Bonchev–Trinajstić information content (AvgIpc) is 1.71. The Morgan fingerprint density at radius 2 is 1.46 bits per heavy atom. The summed E-state index contributed by atoms with van der Waals surface area (Å²) in [5.74, 6) is 0. The smallest absolute Gasteiger partial charge is 0.0327 e. The monoisotopic (exact) mass is 184 g/mol. The van der Waals surface area contributed by atoms with Gasteiger partial charge in [0.25, 0.3) is 0 Å². The van der Waals surface area contributed by atoms with Crippen molar-refractivity contribution < 1.29 is 0 Å². The van der Waals surface area contributed by atoms with Gasteiger partial charge >= 0.3 is 0 Å². The molecule has 0 saturated carbocycles. The molecule has 1 N–H and O–H groups in total. The second-order valence-electron chi connectivity index (χ2n) is 6.17. The summed E-state index contributed by atoms with van der Waals surface area (Å²) < 4.78 is 0. The van der Waals surface area contributed by atoms with Gasteiger partial charge in [0.2, 0.25) is 0 Å². The molecule has 0 atom stereocenters. The van der Waals surface area contributed by atoms with Crippen LogP contribution in [0.5, 0.6) is 0 Å². The number of hydrogen-bond donors (Lipinski definition) is 1. The van der Waals surface area contributed by atoms with Crippen LogP contribution in [-0.2, 0) is 0 Å². The Hall–Kier alpha value is -0.0800. The van der Waals surface area contributed by atoms with Crippen LogP contribution in [0.25, 0.3) is 0 Å². The number of likely N-dealkylation sites (tertiary alicyclic amines) is 1. The third-order valence-corrected chi connectivity index (χ3v) is 2.47. The molecular formula is C11H24N2. The van der Waals surface area contributed by atoms with Crippen LogP contribution in [0, 0.1) is 0 Å². The first kappa shape index (κ1) is 11.0. The van der Waals surface area contributed by atoms with E-state index in [0.29, 0.717) is 11.6 Å². The van der Waals surface area contributed by atoms with E-state index in [4.69, 9.17) is 0 Å². The summed E-state index contributed by atoms with van der Waals surface area (Å²) in [6.45, 7) is 15.9. The first-order chi connectivity index (χ1) is 5.68. The molecule has 1 aliphatic heterocycles. The zero-order valence-electron chi connectivity index (χ0n) is 9.94. The van der Waals surface area contributed by atoms with E-state index in [0.717, 1.165) is 0 Å². The number of nitrogens with zero attached hydrogens (tertiary/aromatic N) is 1. The molecule has 0 amide bonds. The Morgan fingerprint density at radius 3 is 1.77 bits per heavy atom. The predicted octanol–water partition coefficient (Wildman–Crippen LogP) is 1.86. The Kier molecular flexibility index (Phi) is 2.75. The van der Waals surface area contributed by atoms with Gasteiger partial charge in [0.05, 0.1) is 0 Å². The van der Waals surface area contributed by atoms with E-state index in [1.807, 2.05) is 0 Å². The first-order valence-electron chi connectivity index (χ1n) is 5.21. The van der Waals surface area contributed by atoms with Crippen LogP contribution >= 0.6 is 0 Å².